The molecule has 1 N–H and O–H groups in total. The number of alkyl halides is 1. The first-order valence-electron chi connectivity index (χ1n) is 4.92. The van der Waals surface area contributed by atoms with Crippen molar-refractivity contribution >= 4 is 21.6 Å². The average Bonchev–Trinajstić information content (AvgIpc) is 2.64. The number of rotatable bonds is 5. The molecular weight excluding hydrogens is 250 g/mol. The molecule has 92 valence electrons. The molecule has 0 amide bonds. The fourth-order valence-electron chi connectivity index (χ4n) is 1.20. The maximum Gasteiger partial charge on any atom is 0.258 e. The number of aryl methyl sites for hydroxylation is 1. The summed E-state index contributed by atoms with van der Waals surface area (Å²) < 4.78 is 27.9. The highest BCUT2D eigenvalue weighted by Gasteiger charge is 2.29. The predicted octanol–water partition coefficient (Wildman–Crippen LogP) is 1.11. The van der Waals surface area contributed by atoms with E-state index in [0.29, 0.717) is 6.42 Å². The van der Waals surface area contributed by atoms with Crippen LogP contribution in [0.4, 0.5) is 0 Å². The molecule has 0 aliphatic rings. The zero-order chi connectivity index (χ0) is 12.4. The average molecular weight is 266 g/mol. The number of nitrogens with zero attached hydrogens (tertiary/aromatic N) is 2. The molecule has 0 saturated carbocycles. The zero-order valence-electron chi connectivity index (χ0n) is 9.57. The van der Waals surface area contributed by atoms with Crippen LogP contribution in [-0.4, -0.2) is 29.6 Å². The maximum atomic E-state index is 12.0. The van der Waals surface area contributed by atoms with Gasteiger partial charge in [0.05, 0.1) is 6.20 Å². The van der Waals surface area contributed by atoms with E-state index in [1.165, 1.54) is 16.9 Å². The number of sulfonamides is 1. The van der Waals surface area contributed by atoms with E-state index >= 15 is 0 Å². The fraction of sp³-hybridized carbons (Fsp3) is 0.667. The second kappa shape index (κ2) is 4.73. The molecular formula is C9H16ClN3O2S. The third-order valence-electron chi connectivity index (χ3n) is 2.51. The van der Waals surface area contributed by atoms with E-state index in [2.05, 4.69) is 9.82 Å². The highest BCUT2D eigenvalue weighted by molar-refractivity contribution is 7.89. The van der Waals surface area contributed by atoms with Gasteiger partial charge in [0.15, 0.2) is 5.03 Å². The van der Waals surface area contributed by atoms with Crippen molar-refractivity contribution in [2.45, 2.75) is 30.8 Å². The van der Waals surface area contributed by atoms with Gasteiger partial charge < -0.3 is 0 Å². The first-order valence-corrected chi connectivity index (χ1v) is 6.94. The summed E-state index contributed by atoms with van der Waals surface area (Å²) in [5, 5.41) is 3.97. The minimum atomic E-state index is -3.56. The van der Waals surface area contributed by atoms with Crippen LogP contribution in [0.15, 0.2) is 17.3 Å². The van der Waals surface area contributed by atoms with Gasteiger partial charge in [0.1, 0.15) is 0 Å². The summed E-state index contributed by atoms with van der Waals surface area (Å²) in [7, 11) is -1.98. The monoisotopic (exact) mass is 265 g/mol. The van der Waals surface area contributed by atoms with Crippen LogP contribution in [0.3, 0.4) is 0 Å². The third kappa shape index (κ3) is 2.75. The van der Waals surface area contributed by atoms with Crippen LogP contribution < -0.4 is 4.72 Å². The molecule has 0 aromatic carbocycles. The lowest BCUT2D eigenvalue weighted by Gasteiger charge is -2.26. The molecule has 1 unspecified atom stereocenters. The summed E-state index contributed by atoms with van der Waals surface area (Å²) in [5.41, 5.74) is -0.634. The van der Waals surface area contributed by atoms with Crippen LogP contribution in [0.1, 0.15) is 20.3 Å². The van der Waals surface area contributed by atoms with Crippen LogP contribution in [-0.2, 0) is 17.1 Å². The zero-order valence-corrected chi connectivity index (χ0v) is 11.1. The Morgan fingerprint density at radius 1 is 1.62 bits per heavy atom. The quantitative estimate of drug-likeness (QED) is 0.811. The SMILES string of the molecule is CCC(C)(CCl)NS(=O)(=O)c1ccnn1C. The van der Waals surface area contributed by atoms with Crippen molar-refractivity contribution < 1.29 is 8.42 Å². The smallest absolute Gasteiger partial charge is 0.256 e. The van der Waals surface area contributed by atoms with E-state index in [9.17, 15) is 8.42 Å². The van der Waals surface area contributed by atoms with Crippen molar-refractivity contribution in [2.24, 2.45) is 7.05 Å². The Bertz CT molecular complexity index is 451. The van der Waals surface area contributed by atoms with Crippen LogP contribution in [0, 0.1) is 0 Å². The molecule has 0 radical (unpaired) electrons. The van der Waals surface area contributed by atoms with E-state index in [-0.39, 0.29) is 10.9 Å². The van der Waals surface area contributed by atoms with Crippen molar-refractivity contribution in [1.82, 2.24) is 14.5 Å². The van der Waals surface area contributed by atoms with Gasteiger partial charge in [0.25, 0.3) is 10.0 Å². The Labute approximate surface area is 101 Å². The number of nitrogens with one attached hydrogen (secondary N) is 1. The van der Waals surface area contributed by atoms with Crippen LogP contribution >= 0.6 is 11.6 Å². The topological polar surface area (TPSA) is 64.0 Å². The van der Waals surface area contributed by atoms with Gasteiger partial charge in [-0.25, -0.2) is 13.1 Å². The van der Waals surface area contributed by atoms with Gasteiger partial charge in [-0.05, 0) is 19.4 Å². The summed E-state index contributed by atoms with van der Waals surface area (Å²) in [6.07, 6.45) is 2.06. The lowest BCUT2D eigenvalue weighted by molar-refractivity contribution is 0.441. The highest BCUT2D eigenvalue weighted by Crippen LogP contribution is 2.16. The lowest BCUT2D eigenvalue weighted by Crippen LogP contribution is -2.47. The standard InChI is InChI=1S/C9H16ClN3O2S/c1-4-9(2,7-10)12-16(14,15)8-5-6-11-13(8)3/h5-6,12H,4,7H2,1-3H3. The summed E-state index contributed by atoms with van der Waals surface area (Å²) in [5.74, 6) is 0.223. The van der Waals surface area contributed by atoms with Crippen LogP contribution in [0.5, 0.6) is 0 Å². The van der Waals surface area contributed by atoms with Gasteiger partial charge in [0.2, 0.25) is 0 Å². The summed E-state index contributed by atoms with van der Waals surface area (Å²) >= 11 is 5.77. The summed E-state index contributed by atoms with van der Waals surface area (Å²) in [6.45, 7) is 3.65. The maximum absolute atomic E-state index is 12.0. The fourth-order valence-corrected chi connectivity index (χ4v) is 3.14. The van der Waals surface area contributed by atoms with E-state index in [0.717, 1.165) is 0 Å². The van der Waals surface area contributed by atoms with Gasteiger partial charge in [-0.2, -0.15) is 5.10 Å². The molecule has 1 aromatic rings. The Balaban J connectivity index is 3.02. The second-order valence-electron chi connectivity index (χ2n) is 3.95. The lowest BCUT2D eigenvalue weighted by atomic mass is 10.0. The summed E-state index contributed by atoms with van der Waals surface area (Å²) in [6, 6.07) is 1.45. The van der Waals surface area contributed by atoms with Gasteiger partial charge in [-0.15, -0.1) is 11.6 Å². The van der Waals surface area contributed by atoms with Crippen LogP contribution in [0.25, 0.3) is 0 Å². The Morgan fingerprint density at radius 2 is 2.25 bits per heavy atom. The van der Waals surface area contributed by atoms with E-state index in [4.69, 9.17) is 11.6 Å². The van der Waals surface area contributed by atoms with Crippen molar-refractivity contribution in [3.63, 3.8) is 0 Å². The molecule has 0 aliphatic carbocycles. The van der Waals surface area contributed by atoms with Crippen molar-refractivity contribution in [2.75, 3.05) is 5.88 Å². The van der Waals surface area contributed by atoms with E-state index < -0.39 is 15.6 Å². The first kappa shape index (κ1) is 13.5. The molecule has 1 rings (SSSR count). The van der Waals surface area contributed by atoms with Gasteiger partial charge in [-0.1, -0.05) is 6.92 Å². The van der Waals surface area contributed by atoms with Gasteiger partial charge in [0, 0.05) is 18.5 Å². The molecule has 0 spiro atoms. The number of hydrogen-bond acceptors (Lipinski definition) is 3. The Hall–Kier alpha value is -0.590. The van der Waals surface area contributed by atoms with Crippen molar-refractivity contribution in [1.29, 1.82) is 0 Å². The molecule has 1 heterocycles. The van der Waals surface area contributed by atoms with Gasteiger partial charge >= 0.3 is 0 Å². The third-order valence-corrected chi connectivity index (χ3v) is 4.81. The highest BCUT2D eigenvalue weighted by atomic mass is 35.5. The van der Waals surface area contributed by atoms with Crippen LogP contribution in [0.2, 0.25) is 0 Å². The minimum absolute atomic E-state index is 0.136. The Morgan fingerprint density at radius 3 is 2.62 bits per heavy atom. The summed E-state index contributed by atoms with van der Waals surface area (Å²) in [4.78, 5) is 0. The molecule has 1 aromatic heterocycles. The second-order valence-corrected chi connectivity index (χ2v) is 5.84. The molecule has 0 fully saturated rings. The molecule has 0 aliphatic heterocycles. The molecule has 0 saturated heterocycles. The Kier molecular flexibility index (Phi) is 3.98. The molecule has 0 bridgehead atoms. The molecule has 7 heteroatoms. The van der Waals surface area contributed by atoms with Crippen molar-refractivity contribution in [3.05, 3.63) is 12.3 Å². The van der Waals surface area contributed by atoms with Crippen molar-refractivity contribution in [3.8, 4) is 0 Å². The van der Waals surface area contributed by atoms with E-state index in [1.54, 1.807) is 14.0 Å². The molecule has 1 atom stereocenters. The molecule has 5 nitrogen and oxygen atoms in total. The number of halogens is 1. The predicted molar refractivity (Wildman–Crippen MR) is 62.9 cm³/mol. The normalized spacial score (nSPS) is 16.0. The molecule has 16 heavy (non-hydrogen) atoms. The number of hydrogen-bond donors (Lipinski definition) is 1. The largest absolute Gasteiger partial charge is 0.258 e. The van der Waals surface area contributed by atoms with E-state index in [1.807, 2.05) is 6.92 Å². The first-order chi connectivity index (χ1) is 7.34. The number of aromatic nitrogens is 2. The minimum Gasteiger partial charge on any atom is -0.256 e. The van der Waals surface area contributed by atoms with Gasteiger partial charge in [-0.3, -0.25) is 4.68 Å².